The van der Waals surface area contributed by atoms with E-state index in [9.17, 15) is 4.79 Å². The van der Waals surface area contributed by atoms with Crippen molar-refractivity contribution >= 4 is 34.5 Å². The number of rotatable bonds is 3. The molecule has 1 N–H and O–H groups in total. The minimum Gasteiger partial charge on any atom is -0.441 e. The van der Waals surface area contributed by atoms with Gasteiger partial charge in [0.05, 0.1) is 3.57 Å². The molecule has 0 aliphatic heterocycles. The Labute approximate surface area is 125 Å². The van der Waals surface area contributed by atoms with Crippen LogP contribution in [0.3, 0.4) is 0 Å². The molecule has 0 radical (unpaired) electrons. The number of carbonyl (C=O) groups excluding carboxylic acids is 1. The Morgan fingerprint density at radius 2 is 2.11 bits per heavy atom. The molecule has 0 bridgehead atoms. The zero-order valence-electron chi connectivity index (χ0n) is 10.6. The van der Waals surface area contributed by atoms with Crippen molar-refractivity contribution in [3.8, 4) is 0 Å². The largest absolute Gasteiger partial charge is 0.441 e. The molecule has 0 aliphatic carbocycles. The average molecular weight is 371 g/mol. The second-order valence-electron chi connectivity index (χ2n) is 4.08. The summed E-state index contributed by atoms with van der Waals surface area (Å²) in [7, 11) is 1.80. The van der Waals surface area contributed by atoms with Crippen molar-refractivity contribution < 1.29 is 9.53 Å². The zero-order chi connectivity index (χ0) is 13.8. The van der Waals surface area contributed by atoms with Gasteiger partial charge in [0.1, 0.15) is 6.10 Å². The van der Waals surface area contributed by atoms with E-state index in [4.69, 9.17) is 4.74 Å². The van der Waals surface area contributed by atoms with E-state index in [2.05, 4.69) is 33.0 Å². The Bertz CT molecular complexity index is 569. The van der Waals surface area contributed by atoms with E-state index in [1.165, 1.54) is 0 Å². The summed E-state index contributed by atoms with van der Waals surface area (Å²) in [6.07, 6.45) is 1.01. The number of amides is 1. The quantitative estimate of drug-likeness (QED) is 0.843. The normalized spacial score (nSPS) is 11.9. The van der Waals surface area contributed by atoms with Gasteiger partial charge in [-0.1, -0.05) is 30.3 Å². The third-order valence-corrected chi connectivity index (χ3v) is 3.35. The molecule has 19 heavy (non-hydrogen) atoms. The lowest BCUT2D eigenvalue weighted by Gasteiger charge is -2.13. The standard InChI is InChI=1S/C13H14IN3O2/c1-9(10-6-4-3-5-7-10)19-13(18)15-12-11(14)8-17(2)16-12/h3-9H,1-2H3,(H,15,16,18)/t9-/m1/s1. The van der Waals surface area contributed by atoms with Gasteiger partial charge in [-0.3, -0.25) is 10.00 Å². The molecule has 1 heterocycles. The maximum Gasteiger partial charge on any atom is 0.413 e. The van der Waals surface area contributed by atoms with Gasteiger partial charge in [0.2, 0.25) is 0 Å². The minimum atomic E-state index is -0.507. The van der Waals surface area contributed by atoms with E-state index in [1.54, 1.807) is 11.7 Å². The van der Waals surface area contributed by atoms with Crippen LogP contribution in [0.25, 0.3) is 0 Å². The van der Waals surface area contributed by atoms with Crippen molar-refractivity contribution in [1.82, 2.24) is 9.78 Å². The number of aromatic nitrogens is 2. The highest BCUT2D eigenvalue weighted by molar-refractivity contribution is 14.1. The highest BCUT2D eigenvalue weighted by atomic mass is 127. The molecule has 0 spiro atoms. The Hall–Kier alpha value is -1.57. The van der Waals surface area contributed by atoms with E-state index in [0.29, 0.717) is 5.82 Å². The molecule has 6 heteroatoms. The van der Waals surface area contributed by atoms with Gasteiger partial charge < -0.3 is 4.74 Å². The zero-order valence-corrected chi connectivity index (χ0v) is 12.8. The van der Waals surface area contributed by atoms with E-state index in [0.717, 1.165) is 9.13 Å². The highest BCUT2D eigenvalue weighted by Crippen LogP contribution is 2.19. The van der Waals surface area contributed by atoms with Crippen molar-refractivity contribution in [2.24, 2.45) is 7.05 Å². The summed E-state index contributed by atoms with van der Waals surface area (Å²) < 4.78 is 7.80. The lowest BCUT2D eigenvalue weighted by atomic mass is 10.1. The SMILES string of the molecule is C[C@@H](OC(=O)Nc1nn(C)cc1I)c1ccccc1. The fraction of sp³-hybridized carbons (Fsp3) is 0.231. The number of nitrogens with one attached hydrogen (secondary N) is 1. The van der Waals surface area contributed by atoms with Crippen molar-refractivity contribution in [2.45, 2.75) is 13.0 Å². The molecule has 0 aliphatic rings. The molecule has 0 saturated carbocycles. The van der Waals surface area contributed by atoms with Crippen LogP contribution in [0.4, 0.5) is 10.6 Å². The third-order valence-electron chi connectivity index (χ3n) is 2.56. The van der Waals surface area contributed by atoms with E-state index < -0.39 is 6.09 Å². The maximum absolute atomic E-state index is 11.8. The second kappa shape index (κ2) is 6.05. The van der Waals surface area contributed by atoms with Crippen LogP contribution in [0.2, 0.25) is 0 Å². The maximum atomic E-state index is 11.8. The van der Waals surface area contributed by atoms with E-state index in [-0.39, 0.29) is 6.10 Å². The molecule has 1 amide bonds. The Morgan fingerprint density at radius 3 is 2.68 bits per heavy atom. The van der Waals surface area contributed by atoms with Crippen molar-refractivity contribution in [1.29, 1.82) is 0 Å². The third kappa shape index (κ3) is 3.69. The van der Waals surface area contributed by atoms with Gasteiger partial charge >= 0.3 is 6.09 Å². The monoisotopic (exact) mass is 371 g/mol. The van der Waals surface area contributed by atoms with Crippen molar-refractivity contribution in [2.75, 3.05) is 5.32 Å². The summed E-state index contributed by atoms with van der Waals surface area (Å²) in [4.78, 5) is 11.8. The Balaban J connectivity index is 1.96. The number of aryl methyl sites for hydroxylation is 1. The molecule has 1 aromatic carbocycles. The summed E-state index contributed by atoms with van der Waals surface area (Å²) in [5.41, 5.74) is 0.952. The van der Waals surface area contributed by atoms with Crippen LogP contribution in [0.15, 0.2) is 36.5 Å². The first kappa shape index (κ1) is 13.9. The van der Waals surface area contributed by atoms with Gasteiger partial charge in [-0.2, -0.15) is 5.10 Å². The predicted molar refractivity (Wildman–Crippen MR) is 80.9 cm³/mol. The van der Waals surface area contributed by atoms with Crippen LogP contribution in [0, 0.1) is 3.57 Å². The molecule has 5 nitrogen and oxygen atoms in total. The van der Waals surface area contributed by atoms with E-state index >= 15 is 0 Å². The summed E-state index contributed by atoms with van der Waals surface area (Å²) in [6.45, 7) is 1.83. The second-order valence-corrected chi connectivity index (χ2v) is 5.24. The molecule has 0 saturated heterocycles. The molecule has 1 atom stereocenters. The number of carbonyl (C=O) groups is 1. The summed E-state index contributed by atoms with van der Waals surface area (Å²) >= 11 is 2.11. The number of halogens is 1. The Morgan fingerprint density at radius 1 is 1.42 bits per heavy atom. The fourth-order valence-corrected chi connectivity index (χ4v) is 2.27. The van der Waals surface area contributed by atoms with E-state index in [1.807, 2.05) is 43.5 Å². The smallest absolute Gasteiger partial charge is 0.413 e. The minimum absolute atomic E-state index is 0.303. The number of nitrogens with zero attached hydrogens (tertiary/aromatic N) is 2. The number of anilines is 1. The molecule has 100 valence electrons. The number of ether oxygens (including phenoxy) is 1. The van der Waals surface area contributed by atoms with Crippen LogP contribution >= 0.6 is 22.6 Å². The van der Waals surface area contributed by atoms with Crippen LogP contribution in [-0.4, -0.2) is 15.9 Å². The van der Waals surface area contributed by atoms with Crippen LogP contribution in [0.1, 0.15) is 18.6 Å². The molecular formula is C13H14IN3O2. The van der Waals surface area contributed by atoms with Crippen LogP contribution in [-0.2, 0) is 11.8 Å². The van der Waals surface area contributed by atoms with Crippen LogP contribution < -0.4 is 5.32 Å². The number of benzene rings is 1. The lowest BCUT2D eigenvalue weighted by Crippen LogP contribution is -2.17. The molecule has 0 fully saturated rings. The summed E-state index contributed by atoms with van der Waals surface area (Å²) in [5, 5.41) is 6.76. The van der Waals surface area contributed by atoms with Gasteiger partial charge in [0.25, 0.3) is 0 Å². The highest BCUT2D eigenvalue weighted by Gasteiger charge is 2.14. The number of hydrogen-bond donors (Lipinski definition) is 1. The first-order valence-electron chi connectivity index (χ1n) is 5.78. The molecule has 0 unspecified atom stereocenters. The number of hydrogen-bond acceptors (Lipinski definition) is 3. The fourth-order valence-electron chi connectivity index (χ4n) is 1.62. The lowest BCUT2D eigenvalue weighted by molar-refractivity contribution is 0.121. The predicted octanol–water partition coefficient (Wildman–Crippen LogP) is 3.33. The van der Waals surface area contributed by atoms with Gasteiger partial charge in [-0.05, 0) is 35.1 Å². The molecule has 2 aromatic rings. The summed E-state index contributed by atoms with van der Waals surface area (Å²) in [6, 6.07) is 9.58. The Kier molecular flexibility index (Phi) is 4.41. The van der Waals surface area contributed by atoms with Crippen molar-refractivity contribution in [3.05, 3.63) is 45.7 Å². The first-order valence-corrected chi connectivity index (χ1v) is 6.86. The van der Waals surface area contributed by atoms with Gasteiger partial charge in [0.15, 0.2) is 5.82 Å². The molecule has 1 aromatic heterocycles. The van der Waals surface area contributed by atoms with Gasteiger partial charge in [-0.25, -0.2) is 4.79 Å². The first-order chi connectivity index (χ1) is 9.06. The van der Waals surface area contributed by atoms with Gasteiger partial charge in [-0.15, -0.1) is 0 Å². The van der Waals surface area contributed by atoms with Gasteiger partial charge in [0, 0.05) is 13.2 Å². The van der Waals surface area contributed by atoms with Crippen molar-refractivity contribution in [3.63, 3.8) is 0 Å². The average Bonchev–Trinajstić information content (AvgIpc) is 2.68. The molecule has 2 rings (SSSR count). The summed E-state index contributed by atoms with van der Waals surface area (Å²) in [5.74, 6) is 0.508. The van der Waals surface area contributed by atoms with Crippen LogP contribution in [0.5, 0.6) is 0 Å². The molecular weight excluding hydrogens is 357 g/mol. The topological polar surface area (TPSA) is 56.1 Å².